The second kappa shape index (κ2) is 12.3. The highest BCUT2D eigenvalue weighted by Crippen LogP contribution is 2.36. The minimum Gasteiger partial charge on any atom is -0.493 e. The van der Waals surface area contributed by atoms with Gasteiger partial charge in [0, 0.05) is 18.2 Å². The normalized spacial score (nSPS) is 11.7. The van der Waals surface area contributed by atoms with Crippen LogP contribution in [0.5, 0.6) is 11.5 Å². The molecule has 0 aliphatic rings. The van der Waals surface area contributed by atoms with Crippen LogP contribution in [0.1, 0.15) is 50.9 Å². The molecule has 7 nitrogen and oxygen atoms in total. The van der Waals surface area contributed by atoms with Gasteiger partial charge in [-0.2, -0.15) is 0 Å². The average molecular weight is 415 g/mol. The van der Waals surface area contributed by atoms with Crippen molar-refractivity contribution in [2.24, 2.45) is 5.92 Å². The number of halogens is 1. The third-order valence-corrected chi connectivity index (χ3v) is 4.09. The number of hydrogen-bond acceptors (Lipinski definition) is 5. The van der Waals surface area contributed by atoms with Crippen molar-refractivity contribution >= 4 is 23.6 Å². The summed E-state index contributed by atoms with van der Waals surface area (Å²) in [6.07, 6.45) is 1.03. The Bertz CT molecular complexity index is 652. The molecule has 1 aromatic rings. The van der Waals surface area contributed by atoms with E-state index >= 15 is 0 Å². The zero-order valence-electron chi connectivity index (χ0n) is 17.3. The first kappa shape index (κ1) is 23.9. The first-order chi connectivity index (χ1) is 13.3. The summed E-state index contributed by atoms with van der Waals surface area (Å²) in [6, 6.07) is 2.89. The number of methoxy groups -OCH3 is 1. The fraction of sp³-hybridized carbons (Fsp3) is 0.600. The van der Waals surface area contributed by atoms with E-state index < -0.39 is 6.09 Å². The van der Waals surface area contributed by atoms with Crippen molar-refractivity contribution in [1.82, 2.24) is 10.6 Å². The summed E-state index contributed by atoms with van der Waals surface area (Å²) in [5.74, 6) is 0.841. The Kier molecular flexibility index (Phi) is 10.5. The highest BCUT2D eigenvalue weighted by Gasteiger charge is 2.19. The van der Waals surface area contributed by atoms with E-state index in [9.17, 15) is 9.59 Å². The van der Waals surface area contributed by atoms with Gasteiger partial charge in [0.05, 0.1) is 25.3 Å². The van der Waals surface area contributed by atoms with Crippen LogP contribution < -0.4 is 20.1 Å². The van der Waals surface area contributed by atoms with Crippen LogP contribution in [-0.4, -0.2) is 44.9 Å². The van der Waals surface area contributed by atoms with Crippen molar-refractivity contribution in [2.45, 2.75) is 46.6 Å². The quantitative estimate of drug-likeness (QED) is 0.571. The van der Waals surface area contributed by atoms with Crippen LogP contribution in [0.4, 0.5) is 4.79 Å². The molecule has 0 heterocycles. The number of amides is 2. The van der Waals surface area contributed by atoms with Crippen molar-refractivity contribution in [3.8, 4) is 11.5 Å². The molecule has 1 rings (SSSR count). The number of carbonyl (C=O) groups is 2. The number of rotatable bonds is 11. The van der Waals surface area contributed by atoms with Gasteiger partial charge in [-0.3, -0.25) is 4.79 Å². The number of alkyl carbamates (subject to hydrolysis) is 1. The maximum Gasteiger partial charge on any atom is 0.407 e. The number of carbonyl (C=O) groups excluding carboxylic acids is 2. The van der Waals surface area contributed by atoms with Gasteiger partial charge in [0.1, 0.15) is 0 Å². The van der Waals surface area contributed by atoms with Crippen molar-refractivity contribution < 1.29 is 23.8 Å². The van der Waals surface area contributed by atoms with Gasteiger partial charge < -0.3 is 24.8 Å². The van der Waals surface area contributed by atoms with E-state index in [1.807, 2.05) is 20.8 Å². The molecule has 0 fully saturated rings. The summed E-state index contributed by atoms with van der Waals surface area (Å²) < 4.78 is 15.8. The van der Waals surface area contributed by atoms with Crippen LogP contribution >= 0.6 is 11.6 Å². The van der Waals surface area contributed by atoms with E-state index in [1.54, 1.807) is 19.1 Å². The van der Waals surface area contributed by atoms with Gasteiger partial charge in [-0.15, -0.1) is 0 Å². The Balaban J connectivity index is 2.83. The minimum atomic E-state index is -0.496. The molecule has 0 bridgehead atoms. The van der Waals surface area contributed by atoms with Gasteiger partial charge in [-0.1, -0.05) is 32.4 Å². The van der Waals surface area contributed by atoms with E-state index in [0.29, 0.717) is 41.0 Å². The Hall–Kier alpha value is -2.15. The molecule has 1 unspecified atom stereocenters. The second-order valence-corrected chi connectivity index (χ2v) is 7.15. The number of nitrogens with one attached hydrogen (secondary N) is 2. The predicted octanol–water partition coefficient (Wildman–Crippen LogP) is 4.03. The molecule has 0 radical (unpaired) electrons. The lowest BCUT2D eigenvalue weighted by Crippen LogP contribution is -2.44. The summed E-state index contributed by atoms with van der Waals surface area (Å²) in [4.78, 5) is 24.3. The third kappa shape index (κ3) is 7.84. The number of benzene rings is 1. The Morgan fingerprint density at radius 2 is 1.93 bits per heavy atom. The lowest BCUT2D eigenvalue weighted by molar-refractivity contribution is 0.0944. The van der Waals surface area contributed by atoms with Gasteiger partial charge in [-0.05, 0) is 37.8 Å². The minimum absolute atomic E-state index is 0.243. The first-order valence-electron chi connectivity index (χ1n) is 9.54. The summed E-state index contributed by atoms with van der Waals surface area (Å²) in [7, 11) is 1.49. The molecular weight excluding hydrogens is 384 g/mol. The summed E-state index contributed by atoms with van der Waals surface area (Å²) in [5.41, 5.74) is 0.352. The monoisotopic (exact) mass is 414 g/mol. The van der Waals surface area contributed by atoms with Crippen LogP contribution in [-0.2, 0) is 4.74 Å². The number of ether oxygens (including phenoxy) is 3. The van der Waals surface area contributed by atoms with Gasteiger partial charge in [-0.25, -0.2) is 4.79 Å². The molecule has 2 N–H and O–H groups in total. The SMILES string of the molecule is CCCOc1c(Cl)cc(C(=O)NCC(CC(C)C)NC(=O)OCC)cc1OC. The van der Waals surface area contributed by atoms with Crippen molar-refractivity contribution in [3.05, 3.63) is 22.7 Å². The van der Waals surface area contributed by atoms with Gasteiger partial charge >= 0.3 is 6.09 Å². The van der Waals surface area contributed by atoms with E-state index in [2.05, 4.69) is 10.6 Å². The van der Waals surface area contributed by atoms with Crippen molar-refractivity contribution in [1.29, 1.82) is 0 Å². The smallest absolute Gasteiger partial charge is 0.407 e. The molecule has 2 amide bonds. The van der Waals surface area contributed by atoms with Crippen molar-refractivity contribution in [2.75, 3.05) is 26.9 Å². The third-order valence-electron chi connectivity index (χ3n) is 3.80. The molecule has 0 aliphatic carbocycles. The van der Waals surface area contributed by atoms with Crippen LogP contribution in [0.3, 0.4) is 0 Å². The topological polar surface area (TPSA) is 85.9 Å². The molecule has 0 aliphatic heterocycles. The fourth-order valence-electron chi connectivity index (χ4n) is 2.61. The maximum atomic E-state index is 12.6. The maximum absolute atomic E-state index is 12.6. The zero-order valence-corrected chi connectivity index (χ0v) is 18.0. The molecule has 0 spiro atoms. The summed E-state index contributed by atoms with van der Waals surface area (Å²) in [6.45, 7) is 8.87. The van der Waals surface area contributed by atoms with Crippen LogP contribution in [0.2, 0.25) is 5.02 Å². The van der Waals surface area contributed by atoms with Gasteiger partial charge in [0.2, 0.25) is 0 Å². The lowest BCUT2D eigenvalue weighted by atomic mass is 10.0. The Morgan fingerprint density at radius 1 is 1.21 bits per heavy atom. The van der Waals surface area contributed by atoms with E-state index in [1.165, 1.54) is 7.11 Å². The molecule has 0 aromatic heterocycles. The molecule has 1 atom stereocenters. The zero-order chi connectivity index (χ0) is 21.1. The second-order valence-electron chi connectivity index (χ2n) is 6.74. The predicted molar refractivity (Wildman–Crippen MR) is 110 cm³/mol. The molecule has 8 heteroatoms. The molecule has 0 saturated carbocycles. The van der Waals surface area contributed by atoms with Crippen molar-refractivity contribution in [3.63, 3.8) is 0 Å². The molecule has 0 saturated heterocycles. The van der Waals surface area contributed by atoms with E-state index in [4.69, 9.17) is 25.8 Å². The molecular formula is C20H31ClN2O5. The first-order valence-corrected chi connectivity index (χ1v) is 9.91. The van der Waals surface area contributed by atoms with Crippen LogP contribution in [0.25, 0.3) is 0 Å². The average Bonchev–Trinajstić information content (AvgIpc) is 2.64. The van der Waals surface area contributed by atoms with Gasteiger partial charge in [0.25, 0.3) is 5.91 Å². The highest BCUT2D eigenvalue weighted by molar-refractivity contribution is 6.32. The van der Waals surface area contributed by atoms with Crippen LogP contribution in [0, 0.1) is 5.92 Å². The standard InChI is InChI=1S/C20H31ClN2O5/c1-6-8-28-18-16(21)10-14(11-17(18)26-5)19(24)22-12-15(9-13(3)4)23-20(25)27-7-2/h10-11,13,15H,6-9,12H2,1-5H3,(H,22,24)(H,23,25). The fourth-order valence-corrected chi connectivity index (χ4v) is 2.88. The largest absolute Gasteiger partial charge is 0.493 e. The molecule has 28 heavy (non-hydrogen) atoms. The number of hydrogen-bond donors (Lipinski definition) is 2. The highest BCUT2D eigenvalue weighted by atomic mass is 35.5. The Morgan fingerprint density at radius 3 is 2.50 bits per heavy atom. The van der Waals surface area contributed by atoms with E-state index in [-0.39, 0.29) is 25.1 Å². The molecule has 1 aromatic carbocycles. The summed E-state index contributed by atoms with van der Waals surface area (Å²) >= 11 is 6.27. The molecule has 158 valence electrons. The van der Waals surface area contributed by atoms with Gasteiger partial charge in [0.15, 0.2) is 11.5 Å². The van der Waals surface area contributed by atoms with Crippen LogP contribution in [0.15, 0.2) is 12.1 Å². The Labute approximate surface area is 172 Å². The lowest BCUT2D eigenvalue weighted by Gasteiger charge is -2.21. The summed E-state index contributed by atoms with van der Waals surface area (Å²) in [5, 5.41) is 5.91. The van der Waals surface area contributed by atoms with E-state index in [0.717, 1.165) is 6.42 Å².